The summed E-state index contributed by atoms with van der Waals surface area (Å²) in [4.78, 5) is 0. The fraction of sp³-hybridized carbons (Fsp3) is 0.500. The molecule has 4 atom stereocenters. The molecular weight excluding hydrogens is 460 g/mol. The Bertz CT molecular complexity index is 919. The normalized spacial score (nSPS) is 24.2. The second kappa shape index (κ2) is 10.6. The van der Waals surface area contributed by atoms with Crippen LogP contribution in [0.3, 0.4) is 0 Å². The third-order valence-corrected chi connectivity index (χ3v) is 11.7. The molecule has 7 heteroatoms. The van der Waals surface area contributed by atoms with Gasteiger partial charge in [0.05, 0.1) is 13.2 Å². The molecule has 3 rings (SSSR count). The summed E-state index contributed by atoms with van der Waals surface area (Å²) >= 11 is 0. The molecule has 0 radical (unpaired) electrons. The Morgan fingerprint density at radius 2 is 1.57 bits per heavy atom. The Labute approximate surface area is 210 Å². The zero-order valence-electron chi connectivity index (χ0n) is 21.7. The van der Waals surface area contributed by atoms with Crippen molar-refractivity contribution in [3.05, 3.63) is 73.3 Å². The average molecular weight is 501 g/mol. The van der Waals surface area contributed by atoms with Crippen LogP contribution in [0.1, 0.15) is 34.6 Å². The molecule has 0 spiro atoms. The van der Waals surface area contributed by atoms with E-state index in [1.807, 2.05) is 50.2 Å². The first-order valence-corrected chi connectivity index (χ1v) is 14.0. The predicted octanol–water partition coefficient (Wildman–Crippen LogP) is 3.01. The van der Waals surface area contributed by atoms with Gasteiger partial charge in [-0.15, -0.1) is 6.58 Å². The van der Waals surface area contributed by atoms with E-state index in [1.165, 1.54) is 7.11 Å². The number of rotatable bonds is 10. The molecule has 0 aromatic heterocycles. The predicted molar refractivity (Wildman–Crippen MR) is 140 cm³/mol. The number of ether oxygens (including phenoxy) is 3. The molecule has 2 aromatic carbocycles. The van der Waals surface area contributed by atoms with Crippen LogP contribution in [0.4, 0.5) is 0 Å². The molecule has 0 aliphatic carbocycles. The third kappa shape index (κ3) is 5.32. The van der Waals surface area contributed by atoms with Crippen LogP contribution in [0, 0.1) is 0 Å². The zero-order chi connectivity index (χ0) is 25.9. The maximum Gasteiger partial charge on any atom is 0.261 e. The Balaban J connectivity index is 2.13. The molecule has 0 saturated carbocycles. The van der Waals surface area contributed by atoms with E-state index >= 15 is 0 Å². The summed E-state index contributed by atoms with van der Waals surface area (Å²) in [5.41, 5.74) is -1.12. The molecule has 0 unspecified atom stereocenters. The summed E-state index contributed by atoms with van der Waals surface area (Å²) in [6.07, 6.45) is -1.07. The molecule has 0 amide bonds. The molecule has 6 nitrogen and oxygen atoms in total. The van der Waals surface area contributed by atoms with Gasteiger partial charge in [-0.1, -0.05) is 87.5 Å². The zero-order valence-corrected chi connectivity index (χ0v) is 22.7. The van der Waals surface area contributed by atoms with Crippen molar-refractivity contribution in [1.29, 1.82) is 0 Å². The number of benzene rings is 2. The number of methoxy groups -OCH3 is 1. The van der Waals surface area contributed by atoms with Gasteiger partial charge in [-0.2, -0.15) is 0 Å². The summed E-state index contributed by atoms with van der Waals surface area (Å²) in [6.45, 7) is 14.0. The van der Waals surface area contributed by atoms with Gasteiger partial charge >= 0.3 is 0 Å². The van der Waals surface area contributed by atoms with Crippen LogP contribution in [0.25, 0.3) is 0 Å². The molecule has 1 aliphatic rings. The molecule has 2 aromatic rings. The molecule has 0 bridgehead atoms. The van der Waals surface area contributed by atoms with Gasteiger partial charge in [-0.05, 0) is 29.3 Å². The quantitative estimate of drug-likeness (QED) is 0.386. The van der Waals surface area contributed by atoms with Gasteiger partial charge in [-0.3, -0.25) is 0 Å². The lowest BCUT2D eigenvalue weighted by Crippen LogP contribution is -2.68. The van der Waals surface area contributed by atoms with Gasteiger partial charge < -0.3 is 28.8 Å². The van der Waals surface area contributed by atoms with Gasteiger partial charge in [0.2, 0.25) is 0 Å². The molecule has 192 valence electrons. The van der Waals surface area contributed by atoms with E-state index in [0.29, 0.717) is 0 Å². The van der Waals surface area contributed by atoms with E-state index in [-0.39, 0.29) is 11.6 Å². The van der Waals surface area contributed by atoms with Crippen molar-refractivity contribution in [2.45, 2.75) is 69.4 Å². The Morgan fingerprint density at radius 3 is 1.97 bits per heavy atom. The number of aliphatic hydroxyl groups is 2. The van der Waals surface area contributed by atoms with E-state index in [0.717, 1.165) is 10.4 Å². The molecular formula is C28H40O6Si. The number of hydrogen-bond donors (Lipinski definition) is 2. The van der Waals surface area contributed by atoms with Crippen LogP contribution in [0.2, 0.25) is 5.04 Å². The minimum Gasteiger partial charge on any atom is -0.404 e. The van der Waals surface area contributed by atoms with Crippen LogP contribution in [0.15, 0.2) is 73.3 Å². The Hall–Kier alpha value is -1.84. The number of aliphatic hydroxyl groups excluding tert-OH is 2. The average Bonchev–Trinajstić information content (AvgIpc) is 3.11. The third-order valence-electron chi connectivity index (χ3n) is 6.74. The summed E-state index contributed by atoms with van der Waals surface area (Å²) < 4.78 is 25.4. The van der Waals surface area contributed by atoms with Crippen molar-refractivity contribution in [2.75, 3.05) is 20.3 Å². The Kier molecular flexibility index (Phi) is 8.44. The summed E-state index contributed by atoms with van der Waals surface area (Å²) in [5.74, 6) is -0.973. The van der Waals surface area contributed by atoms with Crippen LogP contribution in [-0.4, -0.2) is 68.6 Å². The van der Waals surface area contributed by atoms with Crippen molar-refractivity contribution in [3.8, 4) is 0 Å². The fourth-order valence-electron chi connectivity index (χ4n) is 5.19. The van der Waals surface area contributed by atoms with Gasteiger partial charge in [0, 0.05) is 7.11 Å². The standard InChI is InChI=1S/C28H40O6Si/c1-8-28(25(33-27(5,6)34-28)24(31-7)23(30)19-29)20-32-35(26(2,3)4,21-15-11-9-12-16-21)22-17-13-10-14-18-22/h8-18,23-25,29-30H,1,19-20H2,2-7H3/t23-,24-,25+,28+/m1/s1. The smallest absolute Gasteiger partial charge is 0.261 e. The summed E-state index contributed by atoms with van der Waals surface area (Å²) in [5, 5.41) is 22.2. The lowest BCUT2D eigenvalue weighted by molar-refractivity contribution is -0.171. The summed E-state index contributed by atoms with van der Waals surface area (Å²) in [6, 6.07) is 20.7. The maximum atomic E-state index is 10.5. The monoisotopic (exact) mass is 500 g/mol. The van der Waals surface area contributed by atoms with Crippen LogP contribution < -0.4 is 10.4 Å². The molecule has 1 heterocycles. The molecule has 2 N–H and O–H groups in total. The minimum atomic E-state index is -2.87. The van der Waals surface area contributed by atoms with E-state index in [4.69, 9.17) is 18.6 Å². The maximum absolute atomic E-state index is 10.5. The molecule has 1 fully saturated rings. The molecule has 35 heavy (non-hydrogen) atoms. The topological polar surface area (TPSA) is 77.4 Å². The lowest BCUT2D eigenvalue weighted by Gasteiger charge is -2.45. The minimum absolute atomic E-state index is 0.135. The van der Waals surface area contributed by atoms with Crippen molar-refractivity contribution in [2.24, 2.45) is 0 Å². The van der Waals surface area contributed by atoms with Crippen molar-refractivity contribution in [1.82, 2.24) is 0 Å². The highest BCUT2D eigenvalue weighted by atomic mass is 28.4. The first-order valence-electron chi connectivity index (χ1n) is 12.0. The molecule has 1 aliphatic heterocycles. The van der Waals surface area contributed by atoms with Gasteiger partial charge in [-0.25, -0.2) is 0 Å². The fourth-order valence-corrected chi connectivity index (χ4v) is 9.79. The first kappa shape index (κ1) is 27.7. The molecule has 1 saturated heterocycles. The van der Waals surface area contributed by atoms with Gasteiger partial charge in [0.25, 0.3) is 8.32 Å². The van der Waals surface area contributed by atoms with Crippen molar-refractivity contribution in [3.63, 3.8) is 0 Å². The summed E-state index contributed by atoms with van der Waals surface area (Å²) in [7, 11) is -1.39. The van der Waals surface area contributed by atoms with Crippen LogP contribution >= 0.6 is 0 Å². The highest BCUT2D eigenvalue weighted by Gasteiger charge is 2.59. The SMILES string of the molecule is C=C[C@@]1(CO[Si](c2ccccc2)(c2ccccc2)C(C)(C)C)OC(C)(C)O[C@H]1[C@H](OC)[C@H](O)CO. The second-order valence-corrected chi connectivity index (χ2v) is 14.9. The first-order chi connectivity index (χ1) is 16.5. The van der Waals surface area contributed by atoms with Gasteiger partial charge in [0.1, 0.15) is 23.9 Å². The lowest BCUT2D eigenvalue weighted by atomic mass is 9.91. The highest BCUT2D eigenvalue weighted by molar-refractivity contribution is 6.99. The van der Waals surface area contributed by atoms with E-state index < -0.39 is 44.6 Å². The van der Waals surface area contributed by atoms with E-state index in [2.05, 4.69) is 51.6 Å². The van der Waals surface area contributed by atoms with E-state index in [1.54, 1.807) is 6.08 Å². The van der Waals surface area contributed by atoms with Crippen molar-refractivity contribution >= 4 is 18.7 Å². The van der Waals surface area contributed by atoms with E-state index in [9.17, 15) is 10.2 Å². The largest absolute Gasteiger partial charge is 0.404 e. The highest BCUT2D eigenvalue weighted by Crippen LogP contribution is 2.43. The van der Waals surface area contributed by atoms with Crippen molar-refractivity contribution < 1.29 is 28.8 Å². The number of hydrogen-bond acceptors (Lipinski definition) is 6. The Morgan fingerprint density at radius 1 is 1.06 bits per heavy atom. The van der Waals surface area contributed by atoms with Gasteiger partial charge in [0.15, 0.2) is 5.79 Å². The second-order valence-electron chi connectivity index (χ2n) is 10.6. The van der Waals surface area contributed by atoms with Crippen LogP contribution in [-0.2, 0) is 18.6 Å². The van der Waals surface area contributed by atoms with Crippen LogP contribution in [0.5, 0.6) is 0 Å².